The molecular weight excluding hydrogens is 218 g/mol. The minimum atomic E-state index is 0.255. The van der Waals surface area contributed by atoms with E-state index in [2.05, 4.69) is 26.0 Å². The van der Waals surface area contributed by atoms with Crippen molar-refractivity contribution in [3.8, 4) is 0 Å². The molecule has 1 nitrogen and oxygen atoms in total. The molecule has 88 valence electrons. The van der Waals surface area contributed by atoms with Crippen LogP contribution in [0.2, 0.25) is 5.02 Å². The second-order valence-corrected chi connectivity index (χ2v) is 5.86. The van der Waals surface area contributed by atoms with Gasteiger partial charge in [-0.25, -0.2) is 0 Å². The van der Waals surface area contributed by atoms with Crippen molar-refractivity contribution in [2.75, 3.05) is 6.54 Å². The van der Waals surface area contributed by atoms with E-state index in [4.69, 9.17) is 17.3 Å². The summed E-state index contributed by atoms with van der Waals surface area (Å²) in [5.41, 5.74) is 8.83. The van der Waals surface area contributed by atoms with E-state index >= 15 is 0 Å². The highest BCUT2D eigenvalue weighted by atomic mass is 35.5. The van der Waals surface area contributed by atoms with E-state index in [0.29, 0.717) is 5.92 Å². The first-order valence-electron chi connectivity index (χ1n) is 6.04. The summed E-state index contributed by atoms with van der Waals surface area (Å²) in [6.45, 7) is 5.38. The van der Waals surface area contributed by atoms with Crippen LogP contribution < -0.4 is 5.73 Å². The number of hydrogen-bond donors (Lipinski definition) is 1. The Kier molecular flexibility index (Phi) is 3.27. The van der Waals surface area contributed by atoms with E-state index in [1.165, 1.54) is 24.0 Å². The van der Waals surface area contributed by atoms with Crippen molar-refractivity contribution < 1.29 is 0 Å². The largest absolute Gasteiger partial charge is 0.330 e. The lowest BCUT2D eigenvalue weighted by atomic mass is 9.68. The number of benzene rings is 1. The summed E-state index contributed by atoms with van der Waals surface area (Å²) in [6, 6.07) is 6.34. The Bertz CT molecular complexity index is 384. The molecule has 2 heteroatoms. The van der Waals surface area contributed by atoms with Crippen LogP contribution in [-0.2, 0) is 5.41 Å². The van der Waals surface area contributed by atoms with Crippen LogP contribution in [0.5, 0.6) is 0 Å². The molecule has 0 radical (unpaired) electrons. The average Bonchev–Trinajstić information content (AvgIpc) is 2.23. The maximum Gasteiger partial charge on any atom is 0.0409 e. The molecule has 0 heterocycles. The fourth-order valence-electron chi connectivity index (χ4n) is 2.80. The molecule has 1 atom stereocenters. The average molecular weight is 238 g/mol. The van der Waals surface area contributed by atoms with Gasteiger partial charge >= 0.3 is 0 Å². The maximum atomic E-state index is 6.10. The minimum Gasteiger partial charge on any atom is -0.330 e. The molecule has 2 N–H and O–H groups in total. The zero-order valence-electron chi connectivity index (χ0n) is 10.1. The van der Waals surface area contributed by atoms with E-state index < -0.39 is 0 Å². The molecule has 0 aliphatic heterocycles. The molecule has 0 amide bonds. The lowest BCUT2D eigenvalue weighted by Crippen LogP contribution is -2.27. The Balaban J connectivity index is 2.45. The summed E-state index contributed by atoms with van der Waals surface area (Å²) >= 11 is 6.10. The van der Waals surface area contributed by atoms with Gasteiger partial charge in [0.15, 0.2) is 0 Å². The first-order valence-corrected chi connectivity index (χ1v) is 6.42. The first kappa shape index (κ1) is 11.9. The third kappa shape index (κ3) is 2.11. The lowest BCUT2D eigenvalue weighted by molar-refractivity contribution is 0.384. The predicted octanol–water partition coefficient (Wildman–Crippen LogP) is 3.84. The first-order chi connectivity index (χ1) is 7.54. The summed E-state index contributed by atoms with van der Waals surface area (Å²) in [5.74, 6) is 0.630. The second-order valence-electron chi connectivity index (χ2n) is 5.43. The van der Waals surface area contributed by atoms with Crippen LogP contribution in [-0.4, -0.2) is 6.54 Å². The van der Waals surface area contributed by atoms with Gasteiger partial charge in [-0.05, 0) is 60.4 Å². The van der Waals surface area contributed by atoms with Gasteiger partial charge in [-0.3, -0.25) is 0 Å². The van der Waals surface area contributed by atoms with Crippen LogP contribution in [0.15, 0.2) is 18.2 Å². The van der Waals surface area contributed by atoms with Crippen molar-refractivity contribution in [2.24, 2.45) is 5.73 Å². The third-order valence-electron chi connectivity index (χ3n) is 3.82. The summed E-state index contributed by atoms with van der Waals surface area (Å²) in [7, 11) is 0. The Hall–Kier alpha value is -0.530. The van der Waals surface area contributed by atoms with Crippen LogP contribution in [0.25, 0.3) is 0 Å². The second kappa shape index (κ2) is 4.38. The van der Waals surface area contributed by atoms with Crippen LogP contribution in [0, 0.1) is 0 Å². The normalized spacial score (nSPS) is 22.9. The summed E-state index contributed by atoms with van der Waals surface area (Å²) < 4.78 is 0. The Labute approximate surface area is 103 Å². The van der Waals surface area contributed by atoms with Crippen LogP contribution in [0.1, 0.15) is 50.2 Å². The number of fused-ring (bicyclic) bond motifs is 1. The van der Waals surface area contributed by atoms with E-state index in [-0.39, 0.29) is 5.41 Å². The molecule has 0 bridgehead atoms. The van der Waals surface area contributed by atoms with Crippen molar-refractivity contribution in [2.45, 2.75) is 44.4 Å². The fraction of sp³-hybridized carbons (Fsp3) is 0.571. The highest BCUT2D eigenvalue weighted by molar-refractivity contribution is 6.30. The molecule has 1 aliphatic carbocycles. The van der Waals surface area contributed by atoms with Gasteiger partial charge in [-0.2, -0.15) is 0 Å². The number of nitrogens with two attached hydrogens (primary N) is 1. The van der Waals surface area contributed by atoms with Gasteiger partial charge in [-0.1, -0.05) is 31.5 Å². The maximum absolute atomic E-state index is 6.10. The molecular formula is C14H20ClN. The smallest absolute Gasteiger partial charge is 0.0409 e. The Morgan fingerprint density at radius 1 is 1.44 bits per heavy atom. The molecule has 0 spiro atoms. The Morgan fingerprint density at radius 3 is 2.88 bits per heavy atom. The number of halogens is 1. The van der Waals surface area contributed by atoms with E-state index in [9.17, 15) is 0 Å². The number of rotatable bonds is 2. The van der Waals surface area contributed by atoms with Gasteiger partial charge in [0.2, 0.25) is 0 Å². The highest BCUT2D eigenvalue weighted by Gasteiger charge is 2.32. The SMILES string of the molecule is CC1(C)CCC(CCN)c2ccc(Cl)cc21. The molecule has 2 rings (SSSR count). The Morgan fingerprint density at radius 2 is 2.19 bits per heavy atom. The van der Waals surface area contributed by atoms with Crippen molar-refractivity contribution in [3.05, 3.63) is 34.3 Å². The van der Waals surface area contributed by atoms with Crippen molar-refractivity contribution in [1.82, 2.24) is 0 Å². The quantitative estimate of drug-likeness (QED) is 0.831. The van der Waals surface area contributed by atoms with Gasteiger partial charge in [-0.15, -0.1) is 0 Å². The summed E-state index contributed by atoms with van der Waals surface area (Å²) in [4.78, 5) is 0. The van der Waals surface area contributed by atoms with Gasteiger partial charge in [0.25, 0.3) is 0 Å². The summed E-state index contributed by atoms with van der Waals surface area (Å²) in [5, 5.41) is 0.847. The summed E-state index contributed by atoms with van der Waals surface area (Å²) in [6.07, 6.45) is 3.56. The van der Waals surface area contributed by atoms with E-state index in [1.807, 2.05) is 6.07 Å². The monoisotopic (exact) mass is 237 g/mol. The number of hydrogen-bond acceptors (Lipinski definition) is 1. The molecule has 1 aromatic carbocycles. The van der Waals surface area contributed by atoms with Gasteiger partial charge in [0.1, 0.15) is 0 Å². The molecule has 1 unspecified atom stereocenters. The predicted molar refractivity (Wildman–Crippen MR) is 70.1 cm³/mol. The highest BCUT2D eigenvalue weighted by Crippen LogP contribution is 2.44. The standard InChI is InChI=1S/C14H20ClN/c1-14(2)7-5-10(6-8-16)12-4-3-11(15)9-13(12)14/h3-4,9-10H,5-8,16H2,1-2H3. The topological polar surface area (TPSA) is 26.0 Å². The van der Waals surface area contributed by atoms with Crippen LogP contribution >= 0.6 is 11.6 Å². The molecule has 0 saturated heterocycles. The molecule has 0 saturated carbocycles. The zero-order chi connectivity index (χ0) is 11.8. The zero-order valence-corrected chi connectivity index (χ0v) is 10.8. The molecule has 0 fully saturated rings. The van der Waals surface area contributed by atoms with Gasteiger partial charge in [0.05, 0.1) is 0 Å². The van der Waals surface area contributed by atoms with Crippen LogP contribution in [0.3, 0.4) is 0 Å². The van der Waals surface area contributed by atoms with Crippen molar-refractivity contribution in [1.29, 1.82) is 0 Å². The van der Waals surface area contributed by atoms with E-state index in [0.717, 1.165) is 18.0 Å². The molecule has 1 aliphatic rings. The lowest BCUT2D eigenvalue weighted by Gasteiger charge is -2.37. The van der Waals surface area contributed by atoms with Crippen molar-refractivity contribution in [3.63, 3.8) is 0 Å². The molecule has 1 aromatic rings. The van der Waals surface area contributed by atoms with E-state index in [1.54, 1.807) is 0 Å². The van der Waals surface area contributed by atoms with Crippen molar-refractivity contribution >= 4 is 11.6 Å². The van der Waals surface area contributed by atoms with Gasteiger partial charge in [0, 0.05) is 5.02 Å². The molecule has 0 aromatic heterocycles. The van der Waals surface area contributed by atoms with Crippen LogP contribution in [0.4, 0.5) is 0 Å². The minimum absolute atomic E-state index is 0.255. The third-order valence-corrected chi connectivity index (χ3v) is 4.05. The molecule has 16 heavy (non-hydrogen) atoms. The fourth-order valence-corrected chi connectivity index (χ4v) is 2.97. The van der Waals surface area contributed by atoms with Gasteiger partial charge < -0.3 is 5.73 Å².